The van der Waals surface area contributed by atoms with Crippen molar-refractivity contribution in [2.45, 2.75) is 46.5 Å². The van der Waals surface area contributed by atoms with Crippen LogP contribution in [0, 0.1) is 0 Å². The highest BCUT2D eigenvalue weighted by atomic mass is 127. The van der Waals surface area contributed by atoms with Gasteiger partial charge < -0.3 is 10.6 Å². The Hall–Kier alpha value is -0.370. The van der Waals surface area contributed by atoms with Crippen LogP contribution in [0.5, 0.6) is 0 Å². The minimum absolute atomic E-state index is 0. The number of hydrogen-bond acceptors (Lipinski definition) is 3. The average molecular weight is 410 g/mol. The standard InChI is InChI=1S/C14H26N4S.HI/c1-5-8-16-14(15-6-2)17-9-7-12-10-19-13(18-12)11(3)4;/h10-11H,5-9H2,1-4H3,(H2,15,16,17);1H. The first-order valence-electron chi connectivity index (χ1n) is 7.13. The Bertz CT molecular complexity index is 390. The molecule has 0 spiro atoms. The second kappa shape index (κ2) is 11.3. The molecule has 0 bridgehead atoms. The molecule has 1 aromatic rings. The quantitative estimate of drug-likeness (QED) is 0.412. The molecule has 1 rings (SSSR count). The molecule has 0 unspecified atom stereocenters. The zero-order chi connectivity index (χ0) is 14.1. The van der Waals surface area contributed by atoms with Gasteiger partial charge in [-0.2, -0.15) is 0 Å². The molecule has 20 heavy (non-hydrogen) atoms. The van der Waals surface area contributed by atoms with Crippen molar-refractivity contribution in [1.29, 1.82) is 0 Å². The number of rotatable bonds is 7. The lowest BCUT2D eigenvalue weighted by atomic mass is 10.2. The van der Waals surface area contributed by atoms with E-state index in [4.69, 9.17) is 0 Å². The van der Waals surface area contributed by atoms with Gasteiger partial charge in [0.2, 0.25) is 0 Å². The normalized spacial score (nSPS) is 11.3. The first kappa shape index (κ1) is 19.6. The van der Waals surface area contributed by atoms with Crippen molar-refractivity contribution in [3.63, 3.8) is 0 Å². The van der Waals surface area contributed by atoms with Crippen molar-refractivity contribution in [3.8, 4) is 0 Å². The van der Waals surface area contributed by atoms with E-state index in [-0.39, 0.29) is 24.0 Å². The van der Waals surface area contributed by atoms with Gasteiger partial charge in [-0.15, -0.1) is 35.3 Å². The van der Waals surface area contributed by atoms with Crippen molar-refractivity contribution in [2.75, 3.05) is 19.6 Å². The van der Waals surface area contributed by atoms with E-state index in [9.17, 15) is 0 Å². The van der Waals surface area contributed by atoms with E-state index >= 15 is 0 Å². The van der Waals surface area contributed by atoms with Crippen LogP contribution < -0.4 is 10.6 Å². The minimum atomic E-state index is 0. The molecular weight excluding hydrogens is 383 g/mol. The average Bonchev–Trinajstić information content (AvgIpc) is 2.85. The Kier molecular flexibility index (Phi) is 11.1. The highest BCUT2D eigenvalue weighted by molar-refractivity contribution is 14.0. The maximum absolute atomic E-state index is 4.63. The van der Waals surface area contributed by atoms with Crippen LogP contribution in [0.2, 0.25) is 0 Å². The van der Waals surface area contributed by atoms with Crippen molar-refractivity contribution >= 4 is 41.3 Å². The summed E-state index contributed by atoms with van der Waals surface area (Å²) in [6, 6.07) is 0. The van der Waals surface area contributed by atoms with Crippen LogP contribution in [-0.4, -0.2) is 30.6 Å². The van der Waals surface area contributed by atoms with Gasteiger partial charge in [-0.1, -0.05) is 20.8 Å². The Morgan fingerprint density at radius 1 is 1.35 bits per heavy atom. The van der Waals surface area contributed by atoms with Crippen LogP contribution in [0.4, 0.5) is 0 Å². The maximum Gasteiger partial charge on any atom is 0.191 e. The van der Waals surface area contributed by atoms with Crippen LogP contribution in [-0.2, 0) is 6.42 Å². The predicted molar refractivity (Wildman–Crippen MR) is 99.6 cm³/mol. The summed E-state index contributed by atoms with van der Waals surface area (Å²) in [6.07, 6.45) is 2.01. The third-order valence-corrected chi connectivity index (χ3v) is 3.77. The fourth-order valence-corrected chi connectivity index (χ4v) is 2.45. The number of nitrogens with one attached hydrogen (secondary N) is 2. The van der Waals surface area contributed by atoms with Crippen LogP contribution in [0.15, 0.2) is 10.4 Å². The molecule has 0 saturated carbocycles. The van der Waals surface area contributed by atoms with E-state index in [1.807, 2.05) is 0 Å². The highest BCUT2D eigenvalue weighted by Crippen LogP contribution is 2.19. The summed E-state index contributed by atoms with van der Waals surface area (Å²) in [5.41, 5.74) is 1.17. The fourth-order valence-electron chi connectivity index (χ4n) is 1.58. The van der Waals surface area contributed by atoms with E-state index in [0.29, 0.717) is 5.92 Å². The zero-order valence-corrected chi connectivity index (χ0v) is 16.0. The SMILES string of the molecule is CCCN=C(NCC)NCCc1csc(C(C)C)n1.I. The molecule has 1 heterocycles. The van der Waals surface area contributed by atoms with E-state index in [1.165, 1.54) is 10.7 Å². The van der Waals surface area contributed by atoms with Gasteiger partial charge >= 0.3 is 0 Å². The van der Waals surface area contributed by atoms with Gasteiger partial charge in [-0.3, -0.25) is 4.99 Å². The molecular formula is C14H27IN4S. The number of aliphatic imine (C=N–C) groups is 1. The number of thiazole rings is 1. The third kappa shape index (κ3) is 7.42. The molecule has 0 aliphatic rings. The lowest BCUT2D eigenvalue weighted by molar-refractivity contribution is 0.777. The summed E-state index contributed by atoms with van der Waals surface area (Å²) in [6.45, 7) is 11.2. The van der Waals surface area contributed by atoms with Crippen molar-refractivity contribution in [2.24, 2.45) is 4.99 Å². The Balaban J connectivity index is 0.00000361. The van der Waals surface area contributed by atoms with Gasteiger partial charge in [0.25, 0.3) is 0 Å². The number of guanidine groups is 1. The molecule has 0 fully saturated rings. The molecule has 0 radical (unpaired) electrons. The Morgan fingerprint density at radius 3 is 2.65 bits per heavy atom. The topological polar surface area (TPSA) is 49.3 Å². The molecule has 6 heteroatoms. The predicted octanol–water partition coefficient (Wildman–Crippen LogP) is 3.39. The van der Waals surface area contributed by atoms with Gasteiger partial charge in [0.15, 0.2) is 5.96 Å². The van der Waals surface area contributed by atoms with Crippen LogP contribution in [0.25, 0.3) is 0 Å². The van der Waals surface area contributed by atoms with E-state index in [0.717, 1.165) is 38.4 Å². The van der Waals surface area contributed by atoms with Gasteiger partial charge in [0.1, 0.15) is 0 Å². The molecule has 0 atom stereocenters. The second-order valence-electron chi connectivity index (χ2n) is 4.77. The molecule has 2 N–H and O–H groups in total. The summed E-state index contributed by atoms with van der Waals surface area (Å²) in [5.74, 6) is 1.43. The number of nitrogens with zero attached hydrogens (tertiary/aromatic N) is 2. The maximum atomic E-state index is 4.63. The van der Waals surface area contributed by atoms with E-state index < -0.39 is 0 Å². The van der Waals surface area contributed by atoms with Crippen molar-refractivity contribution in [1.82, 2.24) is 15.6 Å². The Morgan fingerprint density at radius 2 is 2.10 bits per heavy atom. The van der Waals surface area contributed by atoms with Gasteiger partial charge in [-0.05, 0) is 13.3 Å². The molecule has 0 amide bonds. The summed E-state index contributed by atoms with van der Waals surface area (Å²) in [5, 5.41) is 9.98. The summed E-state index contributed by atoms with van der Waals surface area (Å²) in [4.78, 5) is 9.11. The van der Waals surface area contributed by atoms with Crippen LogP contribution >= 0.6 is 35.3 Å². The second-order valence-corrected chi connectivity index (χ2v) is 5.66. The van der Waals surface area contributed by atoms with Gasteiger partial charge in [-0.25, -0.2) is 4.98 Å². The molecule has 0 aliphatic carbocycles. The lowest BCUT2D eigenvalue weighted by Gasteiger charge is -2.10. The van der Waals surface area contributed by atoms with Crippen molar-refractivity contribution < 1.29 is 0 Å². The molecule has 1 aromatic heterocycles. The highest BCUT2D eigenvalue weighted by Gasteiger charge is 2.05. The largest absolute Gasteiger partial charge is 0.357 e. The third-order valence-electron chi connectivity index (χ3n) is 2.57. The molecule has 4 nitrogen and oxygen atoms in total. The molecule has 0 aromatic carbocycles. The monoisotopic (exact) mass is 410 g/mol. The molecule has 0 saturated heterocycles. The number of aromatic nitrogens is 1. The lowest BCUT2D eigenvalue weighted by Crippen LogP contribution is -2.38. The smallest absolute Gasteiger partial charge is 0.191 e. The zero-order valence-electron chi connectivity index (χ0n) is 12.9. The van der Waals surface area contributed by atoms with Crippen LogP contribution in [0.3, 0.4) is 0 Å². The van der Waals surface area contributed by atoms with Crippen molar-refractivity contribution in [3.05, 3.63) is 16.1 Å². The van der Waals surface area contributed by atoms with Gasteiger partial charge in [0, 0.05) is 37.4 Å². The first-order chi connectivity index (χ1) is 9.17. The first-order valence-corrected chi connectivity index (χ1v) is 8.01. The van der Waals surface area contributed by atoms with E-state index in [1.54, 1.807) is 11.3 Å². The number of hydrogen-bond donors (Lipinski definition) is 2. The summed E-state index contributed by atoms with van der Waals surface area (Å²) in [7, 11) is 0. The Labute approximate surface area is 143 Å². The minimum Gasteiger partial charge on any atom is -0.357 e. The van der Waals surface area contributed by atoms with Gasteiger partial charge in [0.05, 0.1) is 10.7 Å². The van der Waals surface area contributed by atoms with Crippen LogP contribution in [0.1, 0.15) is 50.7 Å². The van der Waals surface area contributed by atoms with E-state index in [2.05, 4.69) is 53.7 Å². The summed E-state index contributed by atoms with van der Waals surface area (Å²) < 4.78 is 0. The molecule has 116 valence electrons. The molecule has 0 aliphatic heterocycles. The summed E-state index contributed by atoms with van der Waals surface area (Å²) >= 11 is 1.76. The fraction of sp³-hybridized carbons (Fsp3) is 0.714. The number of halogens is 1.